The zero-order valence-electron chi connectivity index (χ0n) is 12.1. The van der Waals surface area contributed by atoms with Gasteiger partial charge in [-0.05, 0) is 36.2 Å². The lowest BCUT2D eigenvalue weighted by Gasteiger charge is -2.29. The van der Waals surface area contributed by atoms with Crippen LogP contribution in [0.2, 0.25) is 0 Å². The Hall–Kier alpha value is -2.62. The summed E-state index contributed by atoms with van der Waals surface area (Å²) in [6, 6.07) is 12.3. The molecule has 0 fully saturated rings. The lowest BCUT2D eigenvalue weighted by molar-refractivity contribution is 0.0939. The summed E-state index contributed by atoms with van der Waals surface area (Å²) >= 11 is 0. The number of hydrogen-bond donors (Lipinski definition) is 2. The maximum atomic E-state index is 13.4. The van der Waals surface area contributed by atoms with Crippen LogP contribution in [0.15, 0.2) is 48.7 Å². The van der Waals surface area contributed by atoms with E-state index in [4.69, 9.17) is 0 Å². The lowest BCUT2D eigenvalue weighted by atomic mass is 9.81. The molecule has 1 aliphatic rings. The Morgan fingerprint density at radius 3 is 2.77 bits per heavy atom. The molecule has 0 radical (unpaired) electrons. The van der Waals surface area contributed by atoms with Gasteiger partial charge in [0.2, 0.25) is 0 Å². The molecule has 0 bridgehead atoms. The second-order valence-corrected chi connectivity index (χ2v) is 5.65. The number of aromatic nitrogens is 1. The quantitative estimate of drug-likeness (QED) is 0.743. The Bertz CT molecular complexity index is 899. The number of amides is 1. The van der Waals surface area contributed by atoms with Crippen LogP contribution in [0.5, 0.6) is 0 Å². The number of halogens is 1. The maximum Gasteiger partial charge on any atom is 0.252 e. The Balaban J connectivity index is 2.01. The van der Waals surface area contributed by atoms with Gasteiger partial charge in [0.25, 0.3) is 5.91 Å². The van der Waals surface area contributed by atoms with Crippen molar-refractivity contribution in [3.8, 4) is 0 Å². The van der Waals surface area contributed by atoms with Crippen LogP contribution in [0, 0.1) is 5.82 Å². The van der Waals surface area contributed by atoms with Crippen LogP contribution in [0.25, 0.3) is 10.9 Å². The zero-order chi connectivity index (χ0) is 15.3. The van der Waals surface area contributed by atoms with Crippen molar-refractivity contribution < 1.29 is 9.18 Å². The van der Waals surface area contributed by atoms with Crippen molar-refractivity contribution >= 4 is 16.8 Å². The van der Waals surface area contributed by atoms with Crippen LogP contribution in [0.1, 0.15) is 34.8 Å². The summed E-state index contributed by atoms with van der Waals surface area (Å²) < 4.78 is 13.4. The number of hydrogen-bond acceptors (Lipinski definition) is 1. The van der Waals surface area contributed by atoms with Crippen molar-refractivity contribution in [1.82, 2.24) is 10.3 Å². The van der Waals surface area contributed by atoms with Gasteiger partial charge >= 0.3 is 0 Å². The van der Waals surface area contributed by atoms with E-state index in [0.717, 1.165) is 28.5 Å². The molecule has 2 aromatic carbocycles. The monoisotopic (exact) mass is 294 g/mol. The summed E-state index contributed by atoms with van der Waals surface area (Å²) in [4.78, 5) is 15.5. The number of benzene rings is 2. The molecule has 1 aromatic heterocycles. The van der Waals surface area contributed by atoms with Crippen molar-refractivity contribution in [2.45, 2.75) is 18.9 Å². The van der Waals surface area contributed by atoms with Crippen LogP contribution < -0.4 is 5.32 Å². The number of carbonyl (C=O) groups excluding carboxylic acids is 1. The highest BCUT2D eigenvalue weighted by atomic mass is 19.1. The van der Waals surface area contributed by atoms with Crippen molar-refractivity contribution in [3.63, 3.8) is 0 Å². The molecule has 4 heteroatoms. The zero-order valence-corrected chi connectivity index (χ0v) is 12.1. The lowest BCUT2D eigenvalue weighted by Crippen LogP contribution is -2.39. The van der Waals surface area contributed by atoms with E-state index in [1.54, 1.807) is 6.07 Å². The molecule has 1 atom stereocenters. The molecule has 1 amide bonds. The Kier molecular flexibility index (Phi) is 2.64. The van der Waals surface area contributed by atoms with E-state index in [1.165, 1.54) is 12.1 Å². The van der Waals surface area contributed by atoms with E-state index >= 15 is 0 Å². The van der Waals surface area contributed by atoms with E-state index in [9.17, 15) is 9.18 Å². The number of aromatic amines is 1. The molecular weight excluding hydrogens is 279 g/mol. The van der Waals surface area contributed by atoms with Gasteiger partial charge in [-0.2, -0.15) is 0 Å². The van der Waals surface area contributed by atoms with E-state index in [2.05, 4.69) is 10.3 Å². The van der Waals surface area contributed by atoms with E-state index in [1.807, 2.05) is 37.4 Å². The molecule has 3 aromatic rings. The molecule has 110 valence electrons. The fourth-order valence-electron chi connectivity index (χ4n) is 3.51. The smallest absolute Gasteiger partial charge is 0.252 e. The average molecular weight is 294 g/mol. The standard InChI is InChI=1S/C18H15FN2O/c1-2-18(14-6-4-3-5-13(14)17(22)21-18)15-10-20-16-9-11(19)7-8-12(15)16/h3-10,20H,2H2,1H3,(H,21,22)/t18-/m1/s1. The molecule has 1 aliphatic heterocycles. The Morgan fingerprint density at radius 2 is 1.95 bits per heavy atom. The minimum absolute atomic E-state index is 0.0612. The normalized spacial score (nSPS) is 20.2. The summed E-state index contributed by atoms with van der Waals surface area (Å²) in [6.45, 7) is 2.05. The second-order valence-electron chi connectivity index (χ2n) is 5.65. The van der Waals surface area contributed by atoms with Gasteiger partial charge in [-0.3, -0.25) is 4.79 Å². The van der Waals surface area contributed by atoms with Gasteiger partial charge in [0.05, 0.1) is 5.54 Å². The first-order valence-electron chi connectivity index (χ1n) is 7.35. The first kappa shape index (κ1) is 13.1. The number of nitrogens with one attached hydrogen (secondary N) is 2. The minimum Gasteiger partial charge on any atom is -0.361 e. The summed E-state index contributed by atoms with van der Waals surface area (Å²) in [5.41, 5.74) is 2.84. The van der Waals surface area contributed by atoms with Crippen molar-refractivity contribution in [1.29, 1.82) is 0 Å². The van der Waals surface area contributed by atoms with Gasteiger partial charge in [0.1, 0.15) is 5.82 Å². The van der Waals surface area contributed by atoms with E-state index in [0.29, 0.717) is 5.56 Å². The molecule has 3 nitrogen and oxygen atoms in total. The maximum absolute atomic E-state index is 13.4. The predicted molar refractivity (Wildman–Crippen MR) is 83.2 cm³/mol. The summed E-state index contributed by atoms with van der Waals surface area (Å²) in [7, 11) is 0. The molecule has 2 heterocycles. The van der Waals surface area contributed by atoms with E-state index in [-0.39, 0.29) is 11.7 Å². The predicted octanol–water partition coefficient (Wildman–Crippen LogP) is 3.70. The number of rotatable bonds is 2. The van der Waals surface area contributed by atoms with Crippen LogP contribution in [-0.4, -0.2) is 10.9 Å². The fourth-order valence-corrected chi connectivity index (χ4v) is 3.51. The van der Waals surface area contributed by atoms with Crippen LogP contribution in [0.4, 0.5) is 4.39 Å². The van der Waals surface area contributed by atoms with Gasteiger partial charge < -0.3 is 10.3 Å². The third kappa shape index (κ3) is 1.58. The molecule has 4 rings (SSSR count). The first-order valence-corrected chi connectivity index (χ1v) is 7.35. The van der Waals surface area contributed by atoms with Gasteiger partial charge in [0.15, 0.2) is 0 Å². The average Bonchev–Trinajstić information content (AvgIpc) is 3.07. The highest BCUT2D eigenvalue weighted by molar-refractivity contribution is 6.02. The summed E-state index contributed by atoms with van der Waals surface area (Å²) in [5.74, 6) is -0.337. The summed E-state index contributed by atoms with van der Waals surface area (Å²) in [6.07, 6.45) is 2.59. The molecule has 0 aliphatic carbocycles. The largest absolute Gasteiger partial charge is 0.361 e. The first-order chi connectivity index (χ1) is 10.7. The van der Waals surface area contributed by atoms with Gasteiger partial charge in [-0.15, -0.1) is 0 Å². The molecule has 0 saturated carbocycles. The number of fused-ring (bicyclic) bond motifs is 2. The third-order valence-corrected chi connectivity index (χ3v) is 4.59. The molecule has 0 saturated heterocycles. The van der Waals surface area contributed by atoms with Crippen molar-refractivity contribution in [2.75, 3.05) is 0 Å². The fraction of sp³-hybridized carbons (Fsp3) is 0.167. The molecular formula is C18H15FN2O. The minimum atomic E-state index is -0.566. The molecule has 0 unspecified atom stereocenters. The van der Waals surface area contributed by atoms with E-state index < -0.39 is 5.54 Å². The van der Waals surface area contributed by atoms with Crippen LogP contribution in [-0.2, 0) is 5.54 Å². The van der Waals surface area contributed by atoms with Gasteiger partial charge in [-0.1, -0.05) is 25.1 Å². The van der Waals surface area contributed by atoms with Crippen LogP contribution >= 0.6 is 0 Å². The van der Waals surface area contributed by atoms with Crippen molar-refractivity contribution in [2.24, 2.45) is 0 Å². The number of carbonyl (C=O) groups is 1. The highest BCUT2D eigenvalue weighted by Gasteiger charge is 2.43. The Morgan fingerprint density at radius 1 is 1.14 bits per heavy atom. The Labute approximate surface area is 127 Å². The number of H-pyrrole nitrogens is 1. The third-order valence-electron chi connectivity index (χ3n) is 4.59. The molecule has 0 spiro atoms. The highest BCUT2D eigenvalue weighted by Crippen LogP contribution is 2.42. The molecule has 2 N–H and O–H groups in total. The SMILES string of the molecule is CC[C@@]1(c2c[nH]c3cc(F)ccc23)NC(=O)c2ccccc21. The van der Waals surface area contributed by atoms with Crippen molar-refractivity contribution in [3.05, 3.63) is 71.2 Å². The molecule has 22 heavy (non-hydrogen) atoms. The topological polar surface area (TPSA) is 44.9 Å². The van der Waals surface area contributed by atoms with Gasteiger partial charge in [-0.25, -0.2) is 4.39 Å². The van der Waals surface area contributed by atoms with Gasteiger partial charge in [0, 0.05) is 28.2 Å². The summed E-state index contributed by atoms with van der Waals surface area (Å²) in [5, 5.41) is 4.07. The second kappa shape index (κ2) is 4.44. The van der Waals surface area contributed by atoms with Crippen LogP contribution in [0.3, 0.4) is 0 Å².